The molecule has 1 atom stereocenters. The second-order valence-corrected chi connectivity index (χ2v) is 11.7. The summed E-state index contributed by atoms with van der Waals surface area (Å²) in [5, 5.41) is 0.186. The Hall–Kier alpha value is -1.41. The lowest BCUT2D eigenvalue weighted by Gasteiger charge is -2.23. The van der Waals surface area contributed by atoms with Crippen LogP contribution in [0.15, 0.2) is 30.3 Å². The molecule has 2 aromatic rings. The summed E-state index contributed by atoms with van der Waals surface area (Å²) in [6.45, 7) is 11.5. The van der Waals surface area contributed by atoms with Crippen LogP contribution >= 0.6 is 30.3 Å². The molecule has 1 unspecified atom stereocenters. The molecule has 0 aliphatic heterocycles. The van der Waals surface area contributed by atoms with Crippen LogP contribution in [0, 0.1) is 13.8 Å². The monoisotopic (exact) mass is 438 g/mol. The maximum absolute atomic E-state index is 13.7. The molecule has 150 valence electrons. The zero-order chi connectivity index (χ0) is 21.4. The van der Waals surface area contributed by atoms with Crippen molar-refractivity contribution >= 4 is 41.4 Å². The molecule has 28 heavy (non-hydrogen) atoms. The molecular weight excluding hydrogens is 414 g/mol. The van der Waals surface area contributed by atoms with Crippen molar-refractivity contribution < 1.29 is 14.2 Å². The lowest BCUT2D eigenvalue weighted by Crippen LogP contribution is -2.17. The zero-order valence-electron chi connectivity index (χ0n) is 17.0. The molecular formula is C22H25Cl2O3P. The van der Waals surface area contributed by atoms with Crippen molar-refractivity contribution in [2.24, 2.45) is 0 Å². The average Bonchev–Trinajstić information content (AvgIpc) is 2.59. The van der Waals surface area contributed by atoms with E-state index >= 15 is 0 Å². The van der Waals surface area contributed by atoms with Crippen molar-refractivity contribution in [1.82, 2.24) is 0 Å². The van der Waals surface area contributed by atoms with E-state index in [9.17, 15) is 14.2 Å². The molecule has 3 nitrogen and oxygen atoms in total. The van der Waals surface area contributed by atoms with Crippen molar-refractivity contribution in [3.8, 4) is 0 Å². The third-order valence-electron chi connectivity index (χ3n) is 4.89. The van der Waals surface area contributed by atoms with E-state index in [0.717, 1.165) is 5.56 Å². The van der Waals surface area contributed by atoms with Crippen LogP contribution in [0.3, 0.4) is 0 Å². The largest absolute Gasteiger partial charge is 0.307 e. The Balaban J connectivity index is 2.63. The first kappa shape index (κ1) is 22.9. The molecule has 0 aromatic heterocycles. The number of rotatable bonds is 5. The Morgan fingerprint density at radius 1 is 0.929 bits per heavy atom. The molecule has 0 aliphatic carbocycles. The van der Waals surface area contributed by atoms with Crippen LogP contribution in [0.1, 0.15) is 65.1 Å². The fourth-order valence-corrected chi connectivity index (χ4v) is 5.95. The zero-order valence-corrected chi connectivity index (χ0v) is 19.4. The maximum Gasteiger partial charge on any atom is 0.231 e. The minimum absolute atomic E-state index is 0.0500. The molecule has 6 heteroatoms. The molecule has 0 fully saturated rings. The van der Waals surface area contributed by atoms with E-state index < -0.39 is 18.2 Å². The number of halogens is 2. The van der Waals surface area contributed by atoms with E-state index in [1.807, 2.05) is 26.0 Å². The number of hydrogen-bond acceptors (Lipinski definition) is 3. The highest BCUT2D eigenvalue weighted by atomic mass is 35.5. The van der Waals surface area contributed by atoms with Crippen molar-refractivity contribution in [1.29, 1.82) is 0 Å². The molecule has 0 radical (unpaired) electrons. The lowest BCUT2D eigenvalue weighted by atomic mass is 9.84. The Kier molecular flexibility index (Phi) is 6.65. The predicted octanol–water partition coefficient (Wildman–Crippen LogP) is 7.27. The topological polar surface area (TPSA) is 51.2 Å². The number of carbonyl (C=O) groups excluding carboxylic acids is 2. The van der Waals surface area contributed by atoms with E-state index in [4.69, 9.17) is 23.2 Å². The van der Waals surface area contributed by atoms with Gasteiger partial charge in [0.2, 0.25) is 18.2 Å². The summed E-state index contributed by atoms with van der Waals surface area (Å²) in [5.74, 6) is 0. The van der Waals surface area contributed by atoms with E-state index in [0.29, 0.717) is 16.7 Å². The summed E-state index contributed by atoms with van der Waals surface area (Å²) in [5.41, 5.74) is 1.28. The van der Waals surface area contributed by atoms with E-state index in [2.05, 4.69) is 20.8 Å². The predicted molar refractivity (Wildman–Crippen MR) is 118 cm³/mol. The van der Waals surface area contributed by atoms with Crippen LogP contribution in [0.25, 0.3) is 0 Å². The van der Waals surface area contributed by atoms with Crippen molar-refractivity contribution in [2.45, 2.75) is 47.0 Å². The van der Waals surface area contributed by atoms with E-state index in [1.54, 1.807) is 13.0 Å². The van der Waals surface area contributed by atoms with Crippen molar-refractivity contribution in [2.75, 3.05) is 6.16 Å². The molecule has 0 heterocycles. The highest BCUT2D eigenvalue weighted by molar-refractivity contribution is 7.95. The Morgan fingerprint density at radius 3 is 1.75 bits per heavy atom. The second-order valence-electron chi connectivity index (χ2n) is 8.00. The number of carbonyl (C=O) groups is 2. The maximum atomic E-state index is 13.7. The fraction of sp³-hybridized carbons (Fsp3) is 0.364. The molecule has 0 aliphatic rings. The first-order valence-electron chi connectivity index (χ1n) is 9.09. The average molecular weight is 439 g/mol. The van der Waals surface area contributed by atoms with Gasteiger partial charge in [-0.3, -0.25) is 9.59 Å². The van der Waals surface area contributed by atoms with Crippen LogP contribution in [-0.2, 0) is 9.98 Å². The fourth-order valence-electron chi connectivity index (χ4n) is 3.18. The SMILES string of the molecule is CCP(=O)(C(=O)c1c(C)cc(C(C)(C)C)cc1C)C(=O)c1c(Cl)cccc1Cl. The summed E-state index contributed by atoms with van der Waals surface area (Å²) in [4.78, 5) is 26.5. The van der Waals surface area contributed by atoms with Gasteiger partial charge in [0.1, 0.15) is 0 Å². The van der Waals surface area contributed by atoms with Gasteiger partial charge in [-0.2, -0.15) is 0 Å². The van der Waals surface area contributed by atoms with Crippen LogP contribution in [-0.4, -0.2) is 17.2 Å². The summed E-state index contributed by atoms with van der Waals surface area (Å²) < 4.78 is 13.7. The molecule has 2 rings (SSSR count). The van der Waals surface area contributed by atoms with E-state index in [-0.39, 0.29) is 27.2 Å². The van der Waals surface area contributed by atoms with Gasteiger partial charge in [-0.1, -0.05) is 69.1 Å². The first-order chi connectivity index (χ1) is 12.8. The minimum Gasteiger partial charge on any atom is -0.307 e. The lowest BCUT2D eigenvalue weighted by molar-refractivity contribution is 0.103. The first-order valence-corrected chi connectivity index (χ1v) is 11.7. The summed E-state index contributed by atoms with van der Waals surface area (Å²) in [7, 11) is -3.94. The van der Waals surface area contributed by atoms with Gasteiger partial charge in [-0.25, -0.2) is 0 Å². The quantitative estimate of drug-likeness (QED) is 0.461. The molecule has 0 saturated carbocycles. The van der Waals surface area contributed by atoms with Gasteiger partial charge in [0.05, 0.1) is 15.6 Å². The molecule has 0 bridgehead atoms. The van der Waals surface area contributed by atoms with Gasteiger partial charge in [-0.05, 0) is 48.1 Å². The van der Waals surface area contributed by atoms with Crippen LogP contribution in [0.4, 0.5) is 0 Å². The molecule has 2 aromatic carbocycles. The van der Waals surface area contributed by atoms with E-state index in [1.165, 1.54) is 12.1 Å². The van der Waals surface area contributed by atoms with Gasteiger partial charge < -0.3 is 4.57 Å². The Labute approximate surface area is 176 Å². The summed E-state index contributed by atoms with van der Waals surface area (Å²) >= 11 is 12.3. The second kappa shape index (κ2) is 8.14. The van der Waals surface area contributed by atoms with Crippen molar-refractivity contribution in [3.05, 3.63) is 68.2 Å². The number of benzene rings is 2. The number of hydrogen-bond donors (Lipinski definition) is 0. The minimum atomic E-state index is -3.94. The Bertz CT molecular complexity index is 960. The van der Waals surface area contributed by atoms with Crippen molar-refractivity contribution in [3.63, 3.8) is 0 Å². The van der Waals surface area contributed by atoms with Gasteiger partial charge in [-0.15, -0.1) is 0 Å². The summed E-state index contributed by atoms with van der Waals surface area (Å²) in [6, 6.07) is 8.44. The standard InChI is InChI=1S/C22H25Cl2O3P/c1-7-28(27,21(26)19-16(23)9-8-10-17(19)24)20(25)18-13(2)11-15(12-14(18)3)22(4,5)6/h8-12H,7H2,1-6H3. The van der Waals surface area contributed by atoms with Gasteiger partial charge in [0, 0.05) is 11.7 Å². The third kappa shape index (κ3) is 4.13. The van der Waals surface area contributed by atoms with Gasteiger partial charge in [0.15, 0.2) is 0 Å². The van der Waals surface area contributed by atoms with Gasteiger partial charge in [0.25, 0.3) is 0 Å². The molecule has 0 N–H and O–H groups in total. The molecule has 0 amide bonds. The van der Waals surface area contributed by atoms with Crippen LogP contribution < -0.4 is 0 Å². The summed E-state index contributed by atoms with van der Waals surface area (Å²) in [6.07, 6.45) is -0.0911. The van der Waals surface area contributed by atoms with Crippen LogP contribution in [0.5, 0.6) is 0 Å². The molecule has 0 saturated heterocycles. The molecule has 0 spiro atoms. The third-order valence-corrected chi connectivity index (χ3v) is 8.17. The highest BCUT2D eigenvalue weighted by Gasteiger charge is 2.42. The smallest absolute Gasteiger partial charge is 0.231 e. The van der Waals surface area contributed by atoms with Crippen LogP contribution in [0.2, 0.25) is 10.0 Å². The Morgan fingerprint density at radius 2 is 1.36 bits per heavy atom. The number of aryl methyl sites for hydroxylation is 2. The normalized spacial score (nSPS) is 13.9. The highest BCUT2D eigenvalue weighted by Crippen LogP contribution is 2.54. The van der Waals surface area contributed by atoms with Gasteiger partial charge >= 0.3 is 0 Å².